The van der Waals surface area contributed by atoms with E-state index in [1.54, 1.807) is 18.2 Å². The summed E-state index contributed by atoms with van der Waals surface area (Å²) in [5.74, 6) is 0. The molecule has 0 saturated carbocycles. The van der Waals surface area contributed by atoms with Crippen LogP contribution in [0.4, 0.5) is 0 Å². The number of nitriles is 1. The Morgan fingerprint density at radius 3 is 2.83 bits per heavy atom. The Morgan fingerprint density at radius 1 is 1.58 bits per heavy atom. The predicted molar refractivity (Wildman–Crippen MR) is 48.2 cm³/mol. The quantitative estimate of drug-likeness (QED) is 0.452. The van der Waals surface area contributed by atoms with E-state index in [0.717, 1.165) is 10.0 Å². The number of nitrogens with zero attached hydrogens (tertiary/aromatic N) is 2. The summed E-state index contributed by atoms with van der Waals surface area (Å²) in [6.45, 7) is 0. The highest BCUT2D eigenvalue weighted by Crippen LogP contribution is 2.16. The molecule has 1 aromatic rings. The Bertz CT molecular complexity index is 355. The zero-order chi connectivity index (χ0) is 8.97. The largest absolute Gasteiger partial charge is 0.411 e. The molecule has 0 unspecified atom stereocenters. The van der Waals surface area contributed by atoms with Crippen LogP contribution >= 0.6 is 15.9 Å². The number of hydrogen-bond acceptors (Lipinski definition) is 3. The fourth-order valence-corrected chi connectivity index (χ4v) is 1.24. The third-order valence-corrected chi connectivity index (χ3v) is 2.01. The lowest BCUT2D eigenvalue weighted by Crippen LogP contribution is -1.84. The molecule has 0 aliphatic rings. The highest BCUT2D eigenvalue weighted by Gasteiger charge is 1.97. The van der Waals surface area contributed by atoms with Crippen molar-refractivity contribution in [2.24, 2.45) is 5.16 Å². The molecule has 0 spiro atoms. The monoisotopic (exact) mass is 224 g/mol. The van der Waals surface area contributed by atoms with Gasteiger partial charge in [-0.2, -0.15) is 5.26 Å². The fourth-order valence-electron chi connectivity index (χ4n) is 0.764. The number of halogens is 1. The smallest absolute Gasteiger partial charge is 0.0992 e. The van der Waals surface area contributed by atoms with Crippen LogP contribution in [0.1, 0.15) is 11.1 Å². The maximum atomic E-state index is 8.53. The second kappa shape index (κ2) is 3.88. The lowest BCUT2D eigenvalue weighted by Gasteiger charge is -1.95. The van der Waals surface area contributed by atoms with Crippen molar-refractivity contribution in [2.75, 3.05) is 0 Å². The van der Waals surface area contributed by atoms with Crippen molar-refractivity contribution in [1.29, 1.82) is 5.26 Å². The minimum absolute atomic E-state index is 0.567. The normalized spacial score (nSPS) is 10.0. The van der Waals surface area contributed by atoms with E-state index in [1.165, 1.54) is 6.21 Å². The molecule has 0 atom stereocenters. The molecule has 0 aliphatic carbocycles. The van der Waals surface area contributed by atoms with E-state index >= 15 is 0 Å². The third-order valence-electron chi connectivity index (χ3n) is 1.33. The number of hydrogen-bond donors (Lipinski definition) is 1. The molecule has 0 bridgehead atoms. The first kappa shape index (κ1) is 8.75. The molecule has 0 amide bonds. The van der Waals surface area contributed by atoms with Gasteiger partial charge in [0.1, 0.15) is 0 Å². The van der Waals surface area contributed by atoms with E-state index in [0.29, 0.717) is 5.56 Å². The van der Waals surface area contributed by atoms with Crippen molar-refractivity contribution < 1.29 is 5.21 Å². The average Bonchev–Trinajstić information content (AvgIpc) is 2.09. The summed E-state index contributed by atoms with van der Waals surface area (Å²) in [5, 5.41) is 19.7. The van der Waals surface area contributed by atoms with Gasteiger partial charge in [0.15, 0.2) is 0 Å². The molecule has 4 heteroatoms. The van der Waals surface area contributed by atoms with E-state index in [1.807, 2.05) is 6.07 Å². The van der Waals surface area contributed by atoms with Crippen LogP contribution < -0.4 is 0 Å². The topological polar surface area (TPSA) is 56.4 Å². The molecule has 0 aliphatic heterocycles. The molecule has 0 saturated heterocycles. The van der Waals surface area contributed by atoms with Crippen molar-refractivity contribution in [3.05, 3.63) is 33.8 Å². The summed E-state index contributed by atoms with van der Waals surface area (Å²) in [4.78, 5) is 0. The van der Waals surface area contributed by atoms with Gasteiger partial charge >= 0.3 is 0 Å². The molecule has 0 fully saturated rings. The number of rotatable bonds is 1. The van der Waals surface area contributed by atoms with Crippen LogP contribution in [0.3, 0.4) is 0 Å². The van der Waals surface area contributed by atoms with Crippen LogP contribution in [0.2, 0.25) is 0 Å². The van der Waals surface area contributed by atoms with Crippen molar-refractivity contribution in [3.8, 4) is 6.07 Å². The van der Waals surface area contributed by atoms with Gasteiger partial charge in [0.2, 0.25) is 0 Å². The Labute approximate surface area is 78.1 Å². The Morgan fingerprint density at radius 2 is 2.33 bits per heavy atom. The van der Waals surface area contributed by atoms with Crippen LogP contribution in [-0.4, -0.2) is 11.4 Å². The molecule has 1 N–H and O–H groups in total. The van der Waals surface area contributed by atoms with Gasteiger partial charge in [-0.3, -0.25) is 0 Å². The first-order chi connectivity index (χ1) is 5.77. The van der Waals surface area contributed by atoms with Crippen LogP contribution in [0.25, 0.3) is 0 Å². The minimum atomic E-state index is 0.567. The third kappa shape index (κ3) is 1.83. The second-order valence-electron chi connectivity index (χ2n) is 2.09. The highest BCUT2D eigenvalue weighted by molar-refractivity contribution is 9.10. The second-order valence-corrected chi connectivity index (χ2v) is 2.95. The lowest BCUT2D eigenvalue weighted by atomic mass is 10.2. The van der Waals surface area contributed by atoms with Gasteiger partial charge in [0.25, 0.3) is 0 Å². The minimum Gasteiger partial charge on any atom is -0.411 e. The van der Waals surface area contributed by atoms with E-state index in [2.05, 4.69) is 21.1 Å². The summed E-state index contributed by atoms with van der Waals surface area (Å²) in [5.41, 5.74) is 1.30. The molecule has 0 radical (unpaired) electrons. The van der Waals surface area contributed by atoms with Gasteiger partial charge in [0.05, 0.1) is 17.8 Å². The van der Waals surface area contributed by atoms with Crippen LogP contribution in [0.15, 0.2) is 27.8 Å². The summed E-state index contributed by atoms with van der Waals surface area (Å²) in [7, 11) is 0. The molecular weight excluding hydrogens is 220 g/mol. The summed E-state index contributed by atoms with van der Waals surface area (Å²) < 4.78 is 0.736. The first-order valence-corrected chi connectivity index (χ1v) is 3.94. The van der Waals surface area contributed by atoms with Gasteiger partial charge in [-0.25, -0.2) is 0 Å². The molecule has 60 valence electrons. The summed E-state index contributed by atoms with van der Waals surface area (Å²) >= 11 is 3.24. The van der Waals surface area contributed by atoms with Gasteiger partial charge in [-0.1, -0.05) is 27.2 Å². The molecule has 0 heterocycles. The zero-order valence-corrected chi connectivity index (χ0v) is 7.62. The molecule has 12 heavy (non-hydrogen) atoms. The molecule has 0 aromatic heterocycles. The first-order valence-electron chi connectivity index (χ1n) is 3.15. The number of oxime groups is 1. The van der Waals surface area contributed by atoms with Crippen molar-refractivity contribution >= 4 is 22.1 Å². The van der Waals surface area contributed by atoms with Crippen molar-refractivity contribution in [1.82, 2.24) is 0 Å². The van der Waals surface area contributed by atoms with E-state index in [-0.39, 0.29) is 0 Å². The molecule has 3 nitrogen and oxygen atoms in total. The maximum absolute atomic E-state index is 8.53. The predicted octanol–water partition coefficient (Wildman–Crippen LogP) is 2.13. The zero-order valence-electron chi connectivity index (χ0n) is 6.03. The summed E-state index contributed by atoms with van der Waals surface area (Å²) in [6, 6.07) is 7.02. The van der Waals surface area contributed by atoms with Crippen LogP contribution in [0.5, 0.6) is 0 Å². The van der Waals surface area contributed by atoms with Gasteiger partial charge in [-0.05, 0) is 12.1 Å². The van der Waals surface area contributed by atoms with Crippen molar-refractivity contribution in [2.45, 2.75) is 0 Å². The fraction of sp³-hybridized carbons (Fsp3) is 0. The average molecular weight is 225 g/mol. The van der Waals surface area contributed by atoms with Gasteiger partial charge in [0, 0.05) is 10.0 Å². The SMILES string of the molecule is N#Cc1ccc(C=NO)c(Br)c1. The van der Waals surface area contributed by atoms with Crippen LogP contribution in [0, 0.1) is 11.3 Å². The van der Waals surface area contributed by atoms with Gasteiger partial charge < -0.3 is 5.21 Å². The Balaban J connectivity index is 3.14. The summed E-state index contributed by atoms with van der Waals surface area (Å²) in [6.07, 6.45) is 1.30. The Hall–Kier alpha value is -1.34. The maximum Gasteiger partial charge on any atom is 0.0992 e. The number of benzene rings is 1. The lowest BCUT2D eigenvalue weighted by molar-refractivity contribution is 0.322. The molecule has 1 rings (SSSR count). The van der Waals surface area contributed by atoms with E-state index < -0.39 is 0 Å². The standard InChI is InChI=1S/C8H5BrN2O/c9-8-3-6(4-10)1-2-7(8)5-11-12/h1-3,5,12H. The van der Waals surface area contributed by atoms with Crippen molar-refractivity contribution in [3.63, 3.8) is 0 Å². The highest BCUT2D eigenvalue weighted by atomic mass is 79.9. The van der Waals surface area contributed by atoms with Crippen LogP contribution in [-0.2, 0) is 0 Å². The van der Waals surface area contributed by atoms with E-state index in [4.69, 9.17) is 10.5 Å². The molecular formula is C8H5BrN2O. The molecule has 1 aromatic carbocycles. The van der Waals surface area contributed by atoms with Gasteiger partial charge in [-0.15, -0.1) is 0 Å². The Kier molecular flexibility index (Phi) is 2.83. The van der Waals surface area contributed by atoms with E-state index in [9.17, 15) is 0 Å².